The van der Waals surface area contributed by atoms with E-state index in [4.69, 9.17) is 0 Å². The Morgan fingerprint density at radius 1 is 1.26 bits per heavy atom. The summed E-state index contributed by atoms with van der Waals surface area (Å²) in [4.78, 5) is 47.5. The first-order chi connectivity index (χ1) is 12.8. The fourth-order valence-electron chi connectivity index (χ4n) is 2.58. The summed E-state index contributed by atoms with van der Waals surface area (Å²) in [5, 5.41) is 13.3. The molecule has 0 saturated carbocycles. The van der Waals surface area contributed by atoms with Gasteiger partial charge in [-0.05, 0) is 30.2 Å². The van der Waals surface area contributed by atoms with Crippen LogP contribution in [0.5, 0.6) is 0 Å². The van der Waals surface area contributed by atoms with E-state index >= 15 is 0 Å². The van der Waals surface area contributed by atoms with Crippen LogP contribution in [-0.2, 0) is 11.3 Å². The normalized spacial score (nSPS) is 13.7. The molecule has 0 unspecified atom stereocenters. The van der Waals surface area contributed by atoms with Crippen molar-refractivity contribution in [2.24, 2.45) is 0 Å². The molecule has 2 aromatic carbocycles. The van der Waals surface area contributed by atoms with Crippen LogP contribution in [0.3, 0.4) is 0 Å². The Kier molecular flexibility index (Phi) is 5.22. The van der Waals surface area contributed by atoms with Crippen molar-refractivity contribution in [1.29, 1.82) is 0 Å². The first kappa shape index (κ1) is 18.6. The van der Waals surface area contributed by atoms with E-state index in [0.717, 1.165) is 16.7 Å². The number of nitrogens with one attached hydrogen (secondary N) is 1. The average molecular weight is 385 g/mol. The maximum absolute atomic E-state index is 12.5. The van der Waals surface area contributed by atoms with Crippen LogP contribution in [-0.4, -0.2) is 32.6 Å². The molecule has 8 nitrogen and oxygen atoms in total. The van der Waals surface area contributed by atoms with Gasteiger partial charge in [-0.15, -0.1) is 0 Å². The standard InChI is InChI=1S/C18H15N3O5S/c1-11-5-6-14(21(25)26)8-15(11)19-17(23)13-4-2-3-12(7-13)9-20-16(22)10-27-18(20)24/h2-8H,9-10H2,1H3,(H,19,23). The number of nitrogens with zero attached hydrogens (tertiary/aromatic N) is 2. The Bertz CT molecular complexity index is 944. The third kappa shape index (κ3) is 4.14. The molecule has 0 atom stereocenters. The van der Waals surface area contributed by atoms with Gasteiger partial charge >= 0.3 is 0 Å². The summed E-state index contributed by atoms with van der Waals surface area (Å²) < 4.78 is 0. The van der Waals surface area contributed by atoms with E-state index in [1.807, 2.05) is 0 Å². The molecule has 138 valence electrons. The number of non-ortho nitro benzene ring substituents is 1. The van der Waals surface area contributed by atoms with Crippen LogP contribution < -0.4 is 5.32 Å². The number of hydrogen-bond donors (Lipinski definition) is 1. The predicted octanol–water partition coefficient (Wildman–Crippen LogP) is 3.35. The SMILES string of the molecule is Cc1ccc([N+](=O)[O-])cc1NC(=O)c1cccc(CN2C(=O)CSC2=O)c1. The third-order valence-corrected chi connectivity index (χ3v) is 4.91. The number of carbonyl (C=O) groups excluding carboxylic acids is 3. The Labute approximate surface area is 158 Å². The molecule has 1 fully saturated rings. The van der Waals surface area contributed by atoms with Gasteiger partial charge in [0.1, 0.15) is 0 Å². The number of anilines is 1. The van der Waals surface area contributed by atoms with Gasteiger partial charge in [0, 0.05) is 17.7 Å². The van der Waals surface area contributed by atoms with E-state index in [9.17, 15) is 24.5 Å². The lowest BCUT2D eigenvalue weighted by Gasteiger charge is -2.14. The lowest BCUT2D eigenvalue weighted by atomic mass is 10.1. The molecule has 1 aliphatic rings. The van der Waals surface area contributed by atoms with Gasteiger partial charge in [0.05, 0.1) is 22.9 Å². The highest BCUT2D eigenvalue weighted by atomic mass is 32.2. The Morgan fingerprint density at radius 3 is 2.70 bits per heavy atom. The summed E-state index contributed by atoms with van der Waals surface area (Å²) in [5.41, 5.74) is 1.89. The summed E-state index contributed by atoms with van der Waals surface area (Å²) in [6.07, 6.45) is 0. The fraction of sp³-hybridized carbons (Fsp3) is 0.167. The number of benzene rings is 2. The van der Waals surface area contributed by atoms with Crippen molar-refractivity contribution in [2.45, 2.75) is 13.5 Å². The number of aryl methyl sites for hydroxylation is 1. The van der Waals surface area contributed by atoms with E-state index in [2.05, 4.69) is 5.32 Å². The van der Waals surface area contributed by atoms with Crippen molar-refractivity contribution in [3.05, 3.63) is 69.3 Å². The van der Waals surface area contributed by atoms with E-state index in [-0.39, 0.29) is 29.1 Å². The average Bonchev–Trinajstić information content (AvgIpc) is 2.95. The number of nitro benzene ring substituents is 1. The molecule has 3 amide bonds. The maximum Gasteiger partial charge on any atom is 0.289 e. The number of imide groups is 1. The van der Waals surface area contributed by atoms with Crippen LogP contribution in [0.4, 0.5) is 16.2 Å². The van der Waals surface area contributed by atoms with Gasteiger partial charge in [0.2, 0.25) is 5.91 Å². The summed E-state index contributed by atoms with van der Waals surface area (Å²) in [7, 11) is 0. The van der Waals surface area contributed by atoms with E-state index in [1.165, 1.54) is 12.1 Å². The minimum atomic E-state index is -0.530. The second-order valence-electron chi connectivity index (χ2n) is 5.95. The molecule has 0 radical (unpaired) electrons. The Morgan fingerprint density at radius 2 is 2.04 bits per heavy atom. The molecular weight excluding hydrogens is 370 g/mol. The monoisotopic (exact) mass is 385 g/mol. The molecule has 1 saturated heterocycles. The van der Waals surface area contributed by atoms with Gasteiger partial charge < -0.3 is 5.32 Å². The largest absolute Gasteiger partial charge is 0.321 e. The van der Waals surface area contributed by atoms with E-state index < -0.39 is 10.8 Å². The van der Waals surface area contributed by atoms with Crippen molar-refractivity contribution in [3.8, 4) is 0 Å². The quantitative estimate of drug-likeness (QED) is 0.624. The predicted molar refractivity (Wildman–Crippen MR) is 101 cm³/mol. The molecule has 1 heterocycles. The molecule has 9 heteroatoms. The molecule has 0 spiro atoms. The van der Waals surface area contributed by atoms with Crippen molar-refractivity contribution in [2.75, 3.05) is 11.1 Å². The highest BCUT2D eigenvalue weighted by Crippen LogP contribution is 2.24. The second-order valence-corrected chi connectivity index (χ2v) is 6.87. The molecule has 0 aliphatic carbocycles. The first-order valence-corrected chi connectivity index (χ1v) is 8.96. The lowest BCUT2D eigenvalue weighted by molar-refractivity contribution is -0.384. The number of rotatable bonds is 5. The first-order valence-electron chi connectivity index (χ1n) is 7.97. The zero-order chi connectivity index (χ0) is 19.6. The molecule has 0 bridgehead atoms. The number of carbonyl (C=O) groups is 3. The molecule has 1 aliphatic heterocycles. The number of thioether (sulfide) groups is 1. The van der Waals surface area contributed by atoms with Crippen LogP contribution >= 0.6 is 11.8 Å². The lowest BCUT2D eigenvalue weighted by Crippen LogP contribution is -2.28. The van der Waals surface area contributed by atoms with Crippen LogP contribution in [0.2, 0.25) is 0 Å². The molecule has 1 N–H and O–H groups in total. The Balaban J connectivity index is 1.78. The smallest absolute Gasteiger partial charge is 0.289 e. The summed E-state index contributed by atoms with van der Waals surface area (Å²) in [5.74, 6) is -0.564. The van der Waals surface area contributed by atoms with Crippen molar-refractivity contribution < 1.29 is 19.3 Å². The Hall–Kier alpha value is -3.20. The zero-order valence-electron chi connectivity index (χ0n) is 14.3. The van der Waals surface area contributed by atoms with Gasteiger partial charge in [-0.3, -0.25) is 29.4 Å². The van der Waals surface area contributed by atoms with Crippen LogP contribution in [0.1, 0.15) is 21.5 Å². The van der Waals surface area contributed by atoms with Crippen molar-refractivity contribution in [3.63, 3.8) is 0 Å². The molecule has 2 aromatic rings. The van der Waals surface area contributed by atoms with E-state index in [0.29, 0.717) is 22.4 Å². The highest BCUT2D eigenvalue weighted by Gasteiger charge is 2.29. The number of hydrogen-bond acceptors (Lipinski definition) is 6. The minimum Gasteiger partial charge on any atom is -0.321 e. The van der Waals surface area contributed by atoms with Crippen molar-refractivity contribution in [1.82, 2.24) is 4.90 Å². The minimum absolute atomic E-state index is 0.0988. The van der Waals surface area contributed by atoms with Gasteiger partial charge in [-0.1, -0.05) is 30.0 Å². The molecule has 0 aromatic heterocycles. The third-order valence-electron chi connectivity index (χ3n) is 4.05. The number of amides is 3. The summed E-state index contributed by atoms with van der Waals surface area (Å²) in [6.45, 7) is 1.83. The molecule has 27 heavy (non-hydrogen) atoms. The summed E-state index contributed by atoms with van der Waals surface area (Å²) >= 11 is 0.953. The topological polar surface area (TPSA) is 110 Å². The maximum atomic E-state index is 12.5. The van der Waals surface area contributed by atoms with E-state index in [1.54, 1.807) is 37.3 Å². The summed E-state index contributed by atoms with van der Waals surface area (Å²) in [6, 6.07) is 10.8. The fourth-order valence-corrected chi connectivity index (χ4v) is 3.31. The molecule has 3 rings (SSSR count). The second kappa shape index (κ2) is 7.58. The zero-order valence-corrected chi connectivity index (χ0v) is 15.1. The van der Waals surface area contributed by atoms with Crippen LogP contribution in [0.15, 0.2) is 42.5 Å². The van der Waals surface area contributed by atoms with Gasteiger partial charge in [-0.2, -0.15) is 0 Å². The number of nitro groups is 1. The van der Waals surface area contributed by atoms with Gasteiger partial charge in [0.15, 0.2) is 0 Å². The highest BCUT2D eigenvalue weighted by molar-refractivity contribution is 8.14. The van der Waals surface area contributed by atoms with Crippen LogP contribution in [0, 0.1) is 17.0 Å². The van der Waals surface area contributed by atoms with Crippen LogP contribution in [0.25, 0.3) is 0 Å². The van der Waals surface area contributed by atoms with Crippen molar-refractivity contribution >= 4 is 40.2 Å². The molecular formula is C18H15N3O5S. The van der Waals surface area contributed by atoms with Gasteiger partial charge in [-0.25, -0.2) is 0 Å². The van der Waals surface area contributed by atoms with Gasteiger partial charge in [0.25, 0.3) is 16.8 Å².